The third kappa shape index (κ3) is 5.16. The molecule has 0 heterocycles. The molecule has 29 heavy (non-hydrogen) atoms. The van der Waals surface area contributed by atoms with Crippen molar-refractivity contribution in [2.24, 2.45) is 5.73 Å². The van der Waals surface area contributed by atoms with E-state index in [4.69, 9.17) is 19.9 Å². The molecular weight excluding hydrogens is 378 g/mol. The molecular formula is C20H23N3O6. The van der Waals surface area contributed by atoms with Crippen molar-refractivity contribution in [3.8, 4) is 17.2 Å². The zero-order chi connectivity index (χ0) is 21.6. The zero-order valence-electron chi connectivity index (χ0n) is 16.6. The number of anilines is 1. The van der Waals surface area contributed by atoms with Crippen molar-refractivity contribution >= 4 is 23.4 Å². The number of benzene rings is 2. The fraction of sp³-hybridized carbons (Fsp3) is 0.250. The molecule has 2 rings (SSSR count). The summed E-state index contributed by atoms with van der Waals surface area (Å²) in [7, 11) is 4.35. The lowest BCUT2D eigenvalue weighted by atomic mass is 10.1. The maximum Gasteiger partial charge on any atom is 0.252 e. The van der Waals surface area contributed by atoms with Crippen molar-refractivity contribution in [3.63, 3.8) is 0 Å². The summed E-state index contributed by atoms with van der Waals surface area (Å²) in [6, 6.07) is 8.23. The number of ether oxygens (including phenoxy) is 3. The maximum atomic E-state index is 12.6. The van der Waals surface area contributed by atoms with Crippen LogP contribution in [-0.2, 0) is 4.79 Å². The van der Waals surface area contributed by atoms with Crippen molar-refractivity contribution in [2.45, 2.75) is 13.0 Å². The summed E-state index contributed by atoms with van der Waals surface area (Å²) in [6.45, 7) is 1.54. The number of rotatable bonds is 8. The summed E-state index contributed by atoms with van der Waals surface area (Å²) >= 11 is 0. The Kier molecular flexibility index (Phi) is 7.02. The standard InChI is InChI=1S/C20H23N3O6/c1-11(19(25)23-14-7-5-12(6-8-14)18(21)24)22-20(26)13-9-15(27-2)17(29-4)16(10-13)28-3/h5-11H,1-4H3,(H2,21,24)(H,22,26)(H,23,25)/t11-/m0/s1. The smallest absolute Gasteiger partial charge is 0.252 e. The summed E-state index contributed by atoms with van der Waals surface area (Å²) in [4.78, 5) is 36.0. The second-order valence-corrected chi connectivity index (χ2v) is 6.04. The first-order valence-electron chi connectivity index (χ1n) is 8.62. The maximum absolute atomic E-state index is 12.6. The van der Waals surface area contributed by atoms with Gasteiger partial charge in [-0.1, -0.05) is 0 Å². The summed E-state index contributed by atoms with van der Waals surface area (Å²) in [5, 5.41) is 5.26. The molecule has 0 radical (unpaired) electrons. The van der Waals surface area contributed by atoms with Crippen LogP contribution in [0.5, 0.6) is 17.2 Å². The second kappa shape index (κ2) is 9.45. The van der Waals surface area contributed by atoms with Crippen LogP contribution in [0.15, 0.2) is 36.4 Å². The zero-order valence-corrected chi connectivity index (χ0v) is 16.6. The average molecular weight is 401 g/mol. The van der Waals surface area contributed by atoms with Gasteiger partial charge in [0.15, 0.2) is 11.5 Å². The Morgan fingerprint density at radius 3 is 1.90 bits per heavy atom. The lowest BCUT2D eigenvalue weighted by molar-refractivity contribution is -0.117. The van der Waals surface area contributed by atoms with E-state index in [0.717, 1.165) is 0 Å². The third-order valence-electron chi connectivity index (χ3n) is 4.10. The van der Waals surface area contributed by atoms with Crippen LogP contribution in [0, 0.1) is 0 Å². The summed E-state index contributed by atoms with van der Waals surface area (Å²) in [5.41, 5.74) is 6.22. The molecule has 0 unspecified atom stereocenters. The Balaban J connectivity index is 2.09. The van der Waals surface area contributed by atoms with E-state index in [-0.39, 0.29) is 5.56 Å². The number of carbonyl (C=O) groups is 3. The molecule has 0 saturated heterocycles. The molecule has 3 amide bonds. The normalized spacial score (nSPS) is 11.2. The second-order valence-electron chi connectivity index (χ2n) is 6.04. The van der Waals surface area contributed by atoms with E-state index in [1.54, 1.807) is 19.1 Å². The first-order chi connectivity index (χ1) is 13.8. The van der Waals surface area contributed by atoms with Crippen LogP contribution < -0.4 is 30.6 Å². The number of hydrogen-bond donors (Lipinski definition) is 3. The Hall–Kier alpha value is -3.75. The van der Waals surface area contributed by atoms with Crippen molar-refractivity contribution in [1.82, 2.24) is 5.32 Å². The number of primary amides is 1. The fourth-order valence-corrected chi connectivity index (χ4v) is 2.53. The van der Waals surface area contributed by atoms with Crippen molar-refractivity contribution < 1.29 is 28.6 Å². The molecule has 9 heteroatoms. The molecule has 0 aromatic heterocycles. The molecule has 2 aromatic rings. The molecule has 154 valence electrons. The molecule has 0 aliphatic rings. The predicted molar refractivity (Wildman–Crippen MR) is 107 cm³/mol. The van der Waals surface area contributed by atoms with Gasteiger partial charge in [0, 0.05) is 16.8 Å². The van der Waals surface area contributed by atoms with E-state index in [0.29, 0.717) is 28.5 Å². The number of methoxy groups -OCH3 is 3. The largest absolute Gasteiger partial charge is 0.493 e. The van der Waals surface area contributed by atoms with Gasteiger partial charge in [-0.3, -0.25) is 14.4 Å². The Morgan fingerprint density at radius 2 is 1.45 bits per heavy atom. The minimum atomic E-state index is -0.836. The Labute approximate surface area is 168 Å². The van der Waals surface area contributed by atoms with Crippen LogP contribution in [-0.4, -0.2) is 45.1 Å². The SMILES string of the molecule is COc1cc(C(=O)N[C@@H](C)C(=O)Nc2ccc(C(N)=O)cc2)cc(OC)c1OC. The van der Waals surface area contributed by atoms with Crippen molar-refractivity contribution in [1.29, 1.82) is 0 Å². The van der Waals surface area contributed by atoms with Gasteiger partial charge in [-0.15, -0.1) is 0 Å². The van der Waals surface area contributed by atoms with Crippen molar-refractivity contribution in [3.05, 3.63) is 47.5 Å². The number of nitrogens with one attached hydrogen (secondary N) is 2. The van der Waals surface area contributed by atoms with Crippen LogP contribution in [0.25, 0.3) is 0 Å². The number of nitrogens with two attached hydrogens (primary N) is 1. The van der Waals surface area contributed by atoms with Crippen molar-refractivity contribution in [2.75, 3.05) is 26.6 Å². The fourth-order valence-electron chi connectivity index (χ4n) is 2.53. The van der Waals surface area contributed by atoms with E-state index < -0.39 is 23.8 Å². The van der Waals surface area contributed by atoms with Crippen LogP contribution in [0.3, 0.4) is 0 Å². The minimum absolute atomic E-state index is 0.241. The molecule has 0 saturated carbocycles. The molecule has 2 aromatic carbocycles. The number of amides is 3. The molecule has 0 aliphatic carbocycles. The lowest BCUT2D eigenvalue weighted by Crippen LogP contribution is -2.41. The Morgan fingerprint density at radius 1 is 0.897 bits per heavy atom. The Bertz CT molecular complexity index is 886. The summed E-state index contributed by atoms with van der Waals surface area (Å²) in [5.74, 6) is -0.480. The van der Waals surface area contributed by atoms with E-state index >= 15 is 0 Å². The molecule has 9 nitrogen and oxygen atoms in total. The summed E-state index contributed by atoms with van der Waals surface area (Å²) in [6.07, 6.45) is 0. The van der Waals surface area contributed by atoms with Gasteiger partial charge >= 0.3 is 0 Å². The van der Waals surface area contributed by atoms with Gasteiger partial charge in [0.25, 0.3) is 5.91 Å². The lowest BCUT2D eigenvalue weighted by Gasteiger charge is -2.16. The van der Waals surface area contributed by atoms with Gasteiger partial charge in [-0.2, -0.15) is 0 Å². The molecule has 0 aliphatic heterocycles. The molecule has 1 atom stereocenters. The first-order valence-corrected chi connectivity index (χ1v) is 8.62. The van der Waals surface area contributed by atoms with Crippen LogP contribution >= 0.6 is 0 Å². The van der Waals surface area contributed by atoms with Gasteiger partial charge in [0.05, 0.1) is 21.3 Å². The van der Waals surface area contributed by atoms with Crippen LogP contribution in [0.2, 0.25) is 0 Å². The van der Waals surface area contributed by atoms with Crippen LogP contribution in [0.1, 0.15) is 27.6 Å². The van der Waals surface area contributed by atoms with E-state index in [2.05, 4.69) is 10.6 Å². The van der Waals surface area contributed by atoms with Gasteiger partial charge in [0.1, 0.15) is 6.04 Å². The third-order valence-corrected chi connectivity index (χ3v) is 4.10. The van der Waals surface area contributed by atoms with Gasteiger partial charge < -0.3 is 30.6 Å². The quantitative estimate of drug-likeness (QED) is 0.616. The highest BCUT2D eigenvalue weighted by Gasteiger charge is 2.20. The molecule has 4 N–H and O–H groups in total. The van der Waals surface area contributed by atoms with Crippen LogP contribution in [0.4, 0.5) is 5.69 Å². The highest BCUT2D eigenvalue weighted by molar-refractivity contribution is 6.01. The highest BCUT2D eigenvalue weighted by atomic mass is 16.5. The summed E-state index contributed by atoms with van der Waals surface area (Å²) < 4.78 is 15.7. The van der Waals surface area contributed by atoms with E-state index in [1.165, 1.54) is 45.6 Å². The van der Waals surface area contributed by atoms with Gasteiger partial charge in [0.2, 0.25) is 17.6 Å². The average Bonchev–Trinajstić information content (AvgIpc) is 2.72. The van der Waals surface area contributed by atoms with Gasteiger partial charge in [-0.05, 0) is 43.3 Å². The minimum Gasteiger partial charge on any atom is -0.493 e. The topological polar surface area (TPSA) is 129 Å². The molecule has 0 spiro atoms. The number of carbonyl (C=O) groups excluding carboxylic acids is 3. The van der Waals surface area contributed by atoms with E-state index in [9.17, 15) is 14.4 Å². The monoisotopic (exact) mass is 401 g/mol. The first kappa shape index (κ1) is 21.5. The number of hydrogen-bond acceptors (Lipinski definition) is 6. The van der Waals surface area contributed by atoms with Gasteiger partial charge in [-0.25, -0.2) is 0 Å². The molecule has 0 fully saturated rings. The molecule has 0 bridgehead atoms. The highest BCUT2D eigenvalue weighted by Crippen LogP contribution is 2.38. The predicted octanol–water partition coefficient (Wildman–Crippen LogP) is 1.57. The van der Waals surface area contributed by atoms with E-state index in [1.807, 2.05) is 0 Å².